The van der Waals surface area contributed by atoms with Crippen molar-refractivity contribution in [2.45, 2.75) is 18.9 Å². The molecule has 1 heterocycles. The van der Waals surface area contributed by atoms with Crippen molar-refractivity contribution in [3.8, 4) is 0 Å². The summed E-state index contributed by atoms with van der Waals surface area (Å²) in [5, 5.41) is 5.97. The molecule has 0 spiro atoms. The molecule has 7 nitrogen and oxygen atoms in total. The van der Waals surface area contributed by atoms with E-state index >= 15 is 0 Å². The molecule has 0 aromatic rings. The second-order valence-electron chi connectivity index (χ2n) is 4.88. The van der Waals surface area contributed by atoms with Crippen LogP contribution in [0.15, 0.2) is 0 Å². The minimum atomic E-state index is -0.148. The Morgan fingerprint density at radius 3 is 2.95 bits per heavy atom. The van der Waals surface area contributed by atoms with Gasteiger partial charge in [-0.1, -0.05) is 0 Å². The fourth-order valence-electron chi connectivity index (χ4n) is 1.92. The van der Waals surface area contributed by atoms with Crippen molar-refractivity contribution in [3.63, 3.8) is 0 Å². The van der Waals surface area contributed by atoms with Crippen LogP contribution >= 0.6 is 0 Å². The predicted octanol–water partition coefficient (Wildman–Crippen LogP) is -1.02. The molecule has 2 amide bonds. The van der Waals surface area contributed by atoms with E-state index in [-0.39, 0.29) is 24.4 Å². The molecule has 1 aliphatic rings. The van der Waals surface area contributed by atoms with Gasteiger partial charge in [-0.3, -0.25) is 9.59 Å². The molecule has 0 radical (unpaired) electrons. The fourth-order valence-corrected chi connectivity index (χ4v) is 1.92. The molecule has 0 saturated carbocycles. The number of nitrogens with zero attached hydrogens (tertiary/aromatic N) is 1. The molecule has 1 unspecified atom stereocenters. The molecule has 0 bridgehead atoms. The van der Waals surface area contributed by atoms with Crippen LogP contribution in [0.25, 0.3) is 0 Å². The van der Waals surface area contributed by atoms with Crippen molar-refractivity contribution >= 4 is 11.8 Å². The Labute approximate surface area is 120 Å². The van der Waals surface area contributed by atoms with Crippen LogP contribution in [0.4, 0.5) is 0 Å². The summed E-state index contributed by atoms with van der Waals surface area (Å²) in [6, 6.07) is 0.0449. The topological polar surface area (TPSA) is 79.9 Å². The summed E-state index contributed by atoms with van der Waals surface area (Å²) >= 11 is 0. The summed E-state index contributed by atoms with van der Waals surface area (Å²) in [6.07, 6.45) is 1.12. The van der Waals surface area contributed by atoms with Crippen molar-refractivity contribution < 1.29 is 19.1 Å². The number of amides is 2. The fraction of sp³-hybridized carbons (Fsp3) is 0.846. The number of carbonyl (C=O) groups is 2. The summed E-state index contributed by atoms with van der Waals surface area (Å²) in [5.74, 6) is -0.204. The van der Waals surface area contributed by atoms with E-state index < -0.39 is 0 Å². The average molecular weight is 287 g/mol. The molecule has 1 rings (SSSR count). The molecule has 0 aromatic carbocycles. The summed E-state index contributed by atoms with van der Waals surface area (Å²) in [4.78, 5) is 25.0. The number of morpholine rings is 1. The summed E-state index contributed by atoms with van der Waals surface area (Å²) in [6.45, 7) is 3.25. The van der Waals surface area contributed by atoms with Crippen LogP contribution in [0.1, 0.15) is 12.8 Å². The highest BCUT2D eigenvalue weighted by atomic mass is 16.5. The lowest BCUT2D eigenvalue weighted by atomic mass is 10.2. The van der Waals surface area contributed by atoms with E-state index in [2.05, 4.69) is 10.6 Å². The molecule has 1 fully saturated rings. The minimum absolute atomic E-state index is 0.0449. The summed E-state index contributed by atoms with van der Waals surface area (Å²) in [5.41, 5.74) is 0. The zero-order valence-electron chi connectivity index (χ0n) is 12.3. The van der Waals surface area contributed by atoms with Gasteiger partial charge in [0.15, 0.2) is 0 Å². The van der Waals surface area contributed by atoms with Crippen LogP contribution in [0.3, 0.4) is 0 Å². The van der Waals surface area contributed by atoms with Crippen LogP contribution in [-0.2, 0) is 19.1 Å². The molecule has 0 aliphatic carbocycles. The third-order valence-electron chi connectivity index (χ3n) is 3.07. The van der Waals surface area contributed by atoms with E-state index in [4.69, 9.17) is 9.47 Å². The summed E-state index contributed by atoms with van der Waals surface area (Å²) < 4.78 is 10.2. The van der Waals surface area contributed by atoms with E-state index in [0.717, 1.165) is 13.0 Å². The maximum Gasteiger partial charge on any atom is 0.239 e. The molecule has 0 aromatic heterocycles. The highest BCUT2D eigenvalue weighted by Crippen LogP contribution is 2.01. The first-order valence-electron chi connectivity index (χ1n) is 6.94. The maximum atomic E-state index is 12.0. The van der Waals surface area contributed by atoms with Gasteiger partial charge in [-0.25, -0.2) is 0 Å². The number of hydrogen-bond donors (Lipinski definition) is 2. The second-order valence-corrected chi connectivity index (χ2v) is 4.88. The van der Waals surface area contributed by atoms with Crippen LogP contribution in [0.2, 0.25) is 0 Å². The third-order valence-corrected chi connectivity index (χ3v) is 3.07. The molecule has 1 aliphatic heterocycles. The minimum Gasteiger partial charge on any atom is -0.385 e. The number of nitrogens with one attached hydrogen (secondary N) is 2. The smallest absolute Gasteiger partial charge is 0.239 e. The Hall–Kier alpha value is -1.18. The average Bonchev–Trinajstić information content (AvgIpc) is 2.44. The SMILES string of the molecule is COCCCNC(=O)CN(C)C(=O)CC1COCCN1. The van der Waals surface area contributed by atoms with E-state index in [9.17, 15) is 9.59 Å². The lowest BCUT2D eigenvalue weighted by molar-refractivity contribution is -0.135. The van der Waals surface area contributed by atoms with Gasteiger partial charge in [0, 0.05) is 46.3 Å². The highest BCUT2D eigenvalue weighted by molar-refractivity contribution is 5.84. The monoisotopic (exact) mass is 287 g/mol. The van der Waals surface area contributed by atoms with Gasteiger partial charge in [0.2, 0.25) is 11.8 Å². The van der Waals surface area contributed by atoms with Crippen LogP contribution < -0.4 is 10.6 Å². The van der Waals surface area contributed by atoms with Crippen molar-refractivity contribution in [2.24, 2.45) is 0 Å². The lowest BCUT2D eigenvalue weighted by Crippen LogP contribution is -2.46. The third kappa shape index (κ3) is 6.83. The molecule has 7 heteroatoms. The Morgan fingerprint density at radius 1 is 1.50 bits per heavy atom. The molecule has 1 saturated heterocycles. The summed E-state index contributed by atoms with van der Waals surface area (Å²) in [7, 11) is 3.26. The molecule has 20 heavy (non-hydrogen) atoms. The Kier molecular flexibility index (Phi) is 8.17. The molecule has 116 valence electrons. The first kappa shape index (κ1) is 16.9. The van der Waals surface area contributed by atoms with Gasteiger partial charge in [-0.05, 0) is 6.42 Å². The normalized spacial score (nSPS) is 18.6. The number of likely N-dealkylation sites (N-methyl/N-ethyl adjacent to an activating group) is 1. The largest absolute Gasteiger partial charge is 0.385 e. The molecular weight excluding hydrogens is 262 g/mol. The number of rotatable bonds is 8. The standard InChI is InChI=1S/C13H25N3O4/c1-16(9-12(17)15-4-3-6-19-2)13(18)8-11-10-20-7-5-14-11/h11,14H,3-10H2,1-2H3,(H,15,17). The van der Waals surface area contributed by atoms with E-state index in [1.165, 1.54) is 4.90 Å². The van der Waals surface area contributed by atoms with Crippen molar-refractivity contribution in [3.05, 3.63) is 0 Å². The van der Waals surface area contributed by atoms with E-state index in [0.29, 0.717) is 32.8 Å². The number of carbonyl (C=O) groups excluding carboxylic acids is 2. The number of ether oxygens (including phenoxy) is 2. The molecular formula is C13H25N3O4. The van der Waals surface area contributed by atoms with Crippen LogP contribution in [0.5, 0.6) is 0 Å². The van der Waals surface area contributed by atoms with Gasteiger partial charge in [0.05, 0.1) is 19.8 Å². The van der Waals surface area contributed by atoms with Gasteiger partial charge < -0.3 is 25.0 Å². The predicted molar refractivity (Wildman–Crippen MR) is 74.4 cm³/mol. The van der Waals surface area contributed by atoms with Gasteiger partial charge in [0.1, 0.15) is 0 Å². The van der Waals surface area contributed by atoms with Crippen molar-refractivity contribution in [1.29, 1.82) is 0 Å². The van der Waals surface area contributed by atoms with Gasteiger partial charge in [0.25, 0.3) is 0 Å². The van der Waals surface area contributed by atoms with Gasteiger partial charge in [-0.2, -0.15) is 0 Å². The van der Waals surface area contributed by atoms with E-state index in [1.54, 1.807) is 14.2 Å². The lowest BCUT2D eigenvalue weighted by Gasteiger charge is -2.25. The van der Waals surface area contributed by atoms with Gasteiger partial charge >= 0.3 is 0 Å². The van der Waals surface area contributed by atoms with Crippen molar-refractivity contribution in [1.82, 2.24) is 15.5 Å². The number of methoxy groups -OCH3 is 1. The van der Waals surface area contributed by atoms with E-state index in [1.807, 2.05) is 0 Å². The zero-order valence-corrected chi connectivity index (χ0v) is 12.3. The zero-order chi connectivity index (χ0) is 14.8. The maximum absolute atomic E-state index is 12.0. The van der Waals surface area contributed by atoms with Crippen molar-refractivity contribution in [2.75, 3.05) is 53.6 Å². The van der Waals surface area contributed by atoms with Crippen LogP contribution in [0, 0.1) is 0 Å². The first-order valence-corrected chi connectivity index (χ1v) is 6.94. The van der Waals surface area contributed by atoms with Gasteiger partial charge in [-0.15, -0.1) is 0 Å². The van der Waals surface area contributed by atoms with Crippen LogP contribution in [-0.4, -0.2) is 76.4 Å². The quantitative estimate of drug-likeness (QED) is 0.558. The highest BCUT2D eigenvalue weighted by Gasteiger charge is 2.20. The Morgan fingerprint density at radius 2 is 2.30 bits per heavy atom. The number of hydrogen-bond acceptors (Lipinski definition) is 5. The Bertz CT molecular complexity index is 306. The molecule has 1 atom stereocenters. The Balaban J connectivity index is 2.17. The second kappa shape index (κ2) is 9.68. The molecule has 2 N–H and O–H groups in total. The first-order chi connectivity index (χ1) is 9.63.